The first kappa shape index (κ1) is 15.0. The van der Waals surface area contributed by atoms with Gasteiger partial charge in [0.1, 0.15) is 0 Å². The molecular weight excluding hydrogens is 276 g/mol. The standard InChI is InChI=1S/C14H18N2O3S/c1-2-14(17)10-16(11-14)7-8-20(18,19)13-5-3-12(9-15)4-6-13/h3-6,17H,2,7-8,10-11H2,1H3. The third-order valence-corrected chi connectivity index (χ3v) is 5.42. The lowest BCUT2D eigenvalue weighted by Crippen LogP contribution is -2.61. The Balaban J connectivity index is 1.93. The van der Waals surface area contributed by atoms with Gasteiger partial charge in [0.15, 0.2) is 9.84 Å². The predicted octanol–water partition coefficient (Wildman–Crippen LogP) is 0.789. The molecule has 1 heterocycles. The predicted molar refractivity (Wildman–Crippen MR) is 74.9 cm³/mol. The van der Waals surface area contributed by atoms with E-state index in [1.165, 1.54) is 24.3 Å². The first-order valence-electron chi connectivity index (χ1n) is 6.56. The molecule has 1 aliphatic rings. The maximum absolute atomic E-state index is 12.1. The summed E-state index contributed by atoms with van der Waals surface area (Å²) in [6.45, 7) is 3.41. The molecule has 1 saturated heterocycles. The molecule has 0 atom stereocenters. The summed E-state index contributed by atoms with van der Waals surface area (Å²) < 4.78 is 24.3. The molecule has 0 aliphatic carbocycles. The summed E-state index contributed by atoms with van der Waals surface area (Å²) in [4.78, 5) is 2.17. The normalized spacial score (nSPS) is 18.2. The molecule has 2 rings (SSSR count). The Labute approximate surface area is 119 Å². The minimum atomic E-state index is -3.33. The highest BCUT2D eigenvalue weighted by molar-refractivity contribution is 7.91. The quantitative estimate of drug-likeness (QED) is 0.868. The number of likely N-dealkylation sites (tertiary alicyclic amines) is 1. The van der Waals surface area contributed by atoms with Gasteiger partial charge in [-0.05, 0) is 30.7 Å². The lowest BCUT2D eigenvalue weighted by Gasteiger charge is -2.46. The van der Waals surface area contributed by atoms with Crippen molar-refractivity contribution in [1.29, 1.82) is 5.26 Å². The van der Waals surface area contributed by atoms with E-state index < -0.39 is 15.4 Å². The molecule has 5 nitrogen and oxygen atoms in total. The van der Waals surface area contributed by atoms with Gasteiger partial charge < -0.3 is 5.11 Å². The minimum absolute atomic E-state index is 0.0265. The summed E-state index contributed by atoms with van der Waals surface area (Å²) >= 11 is 0. The van der Waals surface area contributed by atoms with Crippen molar-refractivity contribution in [2.24, 2.45) is 0 Å². The third kappa shape index (κ3) is 3.18. The number of sulfone groups is 1. The summed E-state index contributed by atoms with van der Waals surface area (Å²) in [5.74, 6) is 0.0265. The number of aliphatic hydroxyl groups is 1. The number of nitrogens with zero attached hydrogens (tertiary/aromatic N) is 2. The molecule has 0 bridgehead atoms. The maximum atomic E-state index is 12.1. The first-order chi connectivity index (χ1) is 9.38. The fraction of sp³-hybridized carbons (Fsp3) is 0.500. The molecule has 0 saturated carbocycles. The highest BCUT2D eigenvalue weighted by atomic mass is 32.2. The Morgan fingerprint density at radius 1 is 1.35 bits per heavy atom. The van der Waals surface area contributed by atoms with Crippen LogP contribution in [0.25, 0.3) is 0 Å². The van der Waals surface area contributed by atoms with Crippen LogP contribution in [0.15, 0.2) is 29.2 Å². The van der Waals surface area contributed by atoms with Crippen molar-refractivity contribution in [3.8, 4) is 6.07 Å². The van der Waals surface area contributed by atoms with E-state index in [2.05, 4.69) is 0 Å². The molecule has 0 radical (unpaired) electrons. The molecule has 1 N–H and O–H groups in total. The zero-order valence-corrected chi connectivity index (χ0v) is 12.2. The fourth-order valence-electron chi connectivity index (χ4n) is 2.27. The van der Waals surface area contributed by atoms with Gasteiger partial charge in [-0.2, -0.15) is 5.26 Å². The highest BCUT2D eigenvalue weighted by Crippen LogP contribution is 2.24. The fourth-order valence-corrected chi connectivity index (χ4v) is 3.56. The Morgan fingerprint density at radius 2 is 1.95 bits per heavy atom. The van der Waals surface area contributed by atoms with Crippen molar-refractivity contribution in [2.75, 3.05) is 25.4 Å². The summed E-state index contributed by atoms with van der Waals surface area (Å²) in [5.41, 5.74) is -0.196. The molecule has 108 valence electrons. The molecule has 1 aromatic carbocycles. The Kier molecular flexibility index (Phi) is 4.14. The van der Waals surface area contributed by atoms with Crippen LogP contribution in [-0.4, -0.2) is 49.4 Å². The average Bonchev–Trinajstić information content (AvgIpc) is 2.42. The van der Waals surface area contributed by atoms with Crippen LogP contribution in [0.1, 0.15) is 18.9 Å². The minimum Gasteiger partial charge on any atom is -0.387 e. The van der Waals surface area contributed by atoms with Crippen molar-refractivity contribution < 1.29 is 13.5 Å². The van der Waals surface area contributed by atoms with E-state index in [1.807, 2.05) is 17.9 Å². The van der Waals surface area contributed by atoms with E-state index in [-0.39, 0.29) is 10.6 Å². The van der Waals surface area contributed by atoms with Gasteiger partial charge in [-0.25, -0.2) is 8.42 Å². The summed E-state index contributed by atoms with van der Waals surface area (Å²) in [6, 6.07) is 7.90. The molecular formula is C14H18N2O3S. The molecule has 1 fully saturated rings. The monoisotopic (exact) mass is 294 g/mol. The van der Waals surface area contributed by atoms with Crippen LogP contribution in [0.2, 0.25) is 0 Å². The Morgan fingerprint density at radius 3 is 2.45 bits per heavy atom. The molecule has 1 aromatic rings. The van der Waals surface area contributed by atoms with Crippen molar-refractivity contribution in [1.82, 2.24) is 4.90 Å². The van der Waals surface area contributed by atoms with Crippen LogP contribution in [0.3, 0.4) is 0 Å². The number of benzene rings is 1. The zero-order valence-electron chi connectivity index (χ0n) is 11.4. The SMILES string of the molecule is CCC1(O)CN(CCS(=O)(=O)c2ccc(C#N)cc2)C1. The van der Waals surface area contributed by atoms with E-state index >= 15 is 0 Å². The van der Waals surface area contributed by atoms with Crippen LogP contribution in [-0.2, 0) is 9.84 Å². The van der Waals surface area contributed by atoms with Gasteiger partial charge in [0.25, 0.3) is 0 Å². The number of hydrogen-bond acceptors (Lipinski definition) is 5. The molecule has 0 unspecified atom stereocenters. The van der Waals surface area contributed by atoms with Crippen LogP contribution < -0.4 is 0 Å². The number of β-amino-alcohol motifs (C(OH)–C–C–N with tert-alkyl or cyclic N) is 1. The molecule has 0 aromatic heterocycles. The third-order valence-electron chi connectivity index (χ3n) is 3.71. The van der Waals surface area contributed by atoms with Crippen molar-refractivity contribution in [2.45, 2.75) is 23.8 Å². The van der Waals surface area contributed by atoms with Crippen LogP contribution in [0.5, 0.6) is 0 Å². The smallest absolute Gasteiger partial charge is 0.179 e. The molecule has 0 amide bonds. The largest absolute Gasteiger partial charge is 0.387 e. The van der Waals surface area contributed by atoms with E-state index in [9.17, 15) is 13.5 Å². The average molecular weight is 294 g/mol. The van der Waals surface area contributed by atoms with Crippen molar-refractivity contribution in [3.63, 3.8) is 0 Å². The maximum Gasteiger partial charge on any atom is 0.179 e. The second-order valence-electron chi connectivity index (χ2n) is 5.24. The van der Waals surface area contributed by atoms with Gasteiger partial charge in [0.2, 0.25) is 0 Å². The van der Waals surface area contributed by atoms with Gasteiger partial charge in [0, 0.05) is 19.6 Å². The lowest BCUT2D eigenvalue weighted by molar-refractivity contribution is -0.0966. The van der Waals surface area contributed by atoms with Gasteiger partial charge in [0.05, 0.1) is 27.9 Å². The summed E-state index contributed by atoms with van der Waals surface area (Å²) in [7, 11) is -3.33. The topological polar surface area (TPSA) is 81.4 Å². The van der Waals surface area contributed by atoms with Crippen LogP contribution in [0, 0.1) is 11.3 Å². The molecule has 20 heavy (non-hydrogen) atoms. The molecule has 1 aliphatic heterocycles. The number of rotatable bonds is 5. The zero-order chi connectivity index (χ0) is 14.8. The van der Waals surface area contributed by atoms with E-state index in [0.717, 1.165) is 0 Å². The van der Waals surface area contributed by atoms with Gasteiger partial charge in [-0.3, -0.25) is 4.90 Å². The Bertz CT molecular complexity index is 611. The molecule has 0 spiro atoms. The van der Waals surface area contributed by atoms with Crippen molar-refractivity contribution in [3.05, 3.63) is 29.8 Å². The van der Waals surface area contributed by atoms with Crippen LogP contribution in [0.4, 0.5) is 0 Å². The van der Waals surface area contributed by atoms with Gasteiger partial charge >= 0.3 is 0 Å². The number of hydrogen-bond donors (Lipinski definition) is 1. The van der Waals surface area contributed by atoms with E-state index in [1.54, 1.807) is 0 Å². The second-order valence-corrected chi connectivity index (χ2v) is 7.35. The first-order valence-corrected chi connectivity index (χ1v) is 8.21. The number of nitriles is 1. The molecule has 6 heteroatoms. The van der Waals surface area contributed by atoms with Crippen molar-refractivity contribution >= 4 is 9.84 Å². The lowest BCUT2D eigenvalue weighted by atomic mass is 9.92. The second kappa shape index (κ2) is 5.52. The van der Waals surface area contributed by atoms with Gasteiger partial charge in [-0.15, -0.1) is 0 Å². The highest BCUT2D eigenvalue weighted by Gasteiger charge is 2.39. The van der Waals surface area contributed by atoms with Crippen LogP contribution >= 0.6 is 0 Å². The summed E-state index contributed by atoms with van der Waals surface area (Å²) in [5, 5.41) is 18.6. The summed E-state index contributed by atoms with van der Waals surface area (Å²) in [6.07, 6.45) is 0.686. The van der Waals surface area contributed by atoms with E-state index in [4.69, 9.17) is 5.26 Å². The van der Waals surface area contributed by atoms with E-state index in [0.29, 0.717) is 31.6 Å². The van der Waals surface area contributed by atoms with Gasteiger partial charge in [-0.1, -0.05) is 6.92 Å². The Hall–Kier alpha value is -1.42.